The van der Waals surface area contributed by atoms with Crippen LogP contribution in [0.3, 0.4) is 0 Å². The van der Waals surface area contributed by atoms with Crippen molar-refractivity contribution in [3.8, 4) is 0 Å². The average molecular weight is 286 g/mol. The lowest BCUT2D eigenvalue weighted by Crippen LogP contribution is -2.06. The molecule has 0 aromatic heterocycles. The molecule has 0 bridgehead atoms. The van der Waals surface area contributed by atoms with E-state index in [9.17, 15) is 9.59 Å². The van der Waals surface area contributed by atoms with E-state index in [2.05, 4.69) is 0 Å². The number of carboxylic acids is 1. The average Bonchev–Trinajstić information content (AvgIpc) is 2.03. The van der Waals surface area contributed by atoms with Gasteiger partial charge >= 0.3 is 11.9 Å². The summed E-state index contributed by atoms with van der Waals surface area (Å²) in [6.45, 7) is 0.328. The highest BCUT2D eigenvalue weighted by Gasteiger charge is 1.99. The fourth-order valence-corrected chi connectivity index (χ4v) is 0.823. The molecule has 0 saturated carbocycles. The van der Waals surface area contributed by atoms with E-state index in [4.69, 9.17) is 9.84 Å². The van der Waals surface area contributed by atoms with Crippen molar-refractivity contribution < 1.29 is 19.4 Å². The van der Waals surface area contributed by atoms with Gasteiger partial charge in [0.15, 0.2) is 0 Å². The van der Waals surface area contributed by atoms with Crippen LogP contribution < -0.4 is 0 Å². The number of hydrogen-bond donors (Lipinski definition) is 1. The normalized spacial score (nSPS) is 9.42. The Kier molecular flexibility index (Phi) is 7.12. The molecule has 0 rings (SSSR count). The van der Waals surface area contributed by atoms with Crippen LogP contribution in [0.25, 0.3) is 0 Å². The van der Waals surface area contributed by atoms with Crippen molar-refractivity contribution in [3.05, 3.63) is 0 Å². The molecule has 4 nitrogen and oxygen atoms in total. The summed E-state index contributed by atoms with van der Waals surface area (Å²) in [4.78, 5) is 20.6. The second kappa shape index (κ2) is 7.33. The van der Waals surface area contributed by atoms with E-state index >= 15 is 0 Å². The third-order valence-corrected chi connectivity index (χ3v) is 1.78. The first-order chi connectivity index (χ1) is 5.66. The minimum Gasteiger partial charge on any atom is -0.481 e. The van der Waals surface area contributed by atoms with Crippen LogP contribution >= 0.6 is 22.6 Å². The molecule has 0 aromatic carbocycles. The number of halogens is 1. The quantitative estimate of drug-likeness (QED) is 0.345. The highest BCUT2D eigenvalue weighted by molar-refractivity contribution is 14.1. The summed E-state index contributed by atoms with van der Waals surface area (Å²) in [5.74, 6) is -1.05. The lowest BCUT2D eigenvalue weighted by Gasteiger charge is -2.00. The number of alkyl halides is 1. The molecule has 1 N–H and O–H groups in total. The molecule has 0 aromatic rings. The number of carbonyl (C=O) groups is 2. The molecule has 0 fully saturated rings. The van der Waals surface area contributed by atoms with E-state index in [1.807, 2.05) is 22.6 Å². The number of rotatable bonds is 6. The van der Waals surface area contributed by atoms with Crippen LogP contribution in [0.1, 0.15) is 19.3 Å². The highest BCUT2D eigenvalue weighted by atomic mass is 127. The number of ether oxygens (including phenoxy) is 1. The third-order valence-electron chi connectivity index (χ3n) is 1.16. The van der Waals surface area contributed by atoms with Crippen LogP contribution in [0.5, 0.6) is 0 Å². The van der Waals surface area contributed by atoms with Gasteiger partial charge in [0.2, 0.25) is 0 Å². The van der Waals surface area contributed by atoms with E-state index in [1.54, 1.807) is 0 Å². The Balaban J connectivity index is 3.11. The molecule has 0 saturated heterocycles. The number of esters is 1. The summed E-state index contributed by atoms with van der Waals surface area (Å²) in [7, 11) is 0. The zero-order chi connectivity index (χ0) is 9.40. The van der Waals surface area contributed by atoms with Crippen LogP contribution in [0.15, 0.2) is 0 Å². The van der Waals surface area contributed by atoms with Gasteiger partial charge in [0, 0.05) is 6.42 Å². The second-order valence-electron chi connectivity index (χ2n) is 2.20. The molecule has 0 aliphatic carbocycles. The minimum atomic E-state index is -0.810. The van der Waals surface area contributed by atoms with Gasteiger partial charge in [-0.25, -0.2) is 0 Å². The fraction of sp³-hybridized carbons (Fsp3) is 0.714. The van der Waals surface area contributed by atoms with Crippen molar-refractivity contribution in [2.24, 2.45) is 0 Å². The molecule has 0 atom stereocenters. The lowest BCUT2D eigenvalue weighted by atomic mass is 10.2. The molecule has 70 valence electrons. The standard InChI is InChI=1S/C7H11IO4/c8-5-7(11)12-4-2-1-3-6(9)10/h1-5H2,(H,9,10). The zero-order valence-electron chi connectivity index (χ0n) is 6.59. The number of hydrogen-bond acceptors (Lipinski definition) is 3. The van der Waals surface area contributed by atoms with Crippen molar-refractivity contribution in [3.63, 3.8) is 0 Å². The van der Waals surface area contributed by atoms with Crippen LogP contribution in [-0.2, 0) is 14.3 Å². The number of carboxylic acid groups (broad SMARTS) is 1. The Morgan fingerprint density at radius 1 is 1.33 bits per heavy atom. The maximum atomic E-state index is 10.6. The van der Waals surface area contributed by atoms with Gasteiger partial charge in [0.1, 0.15) is 0 Å². The Bertz CT molecular complexity index is 157. The Morgan fingerprint density at radius 3 is 2.50 bits per heavy atom. The Labute approximate surface area is 84.4 Å². The number of unbranched alkanes of at least 4 members (excludes halogenated alkanes) is 1. The van der Waals surface area contributed by atoms with E-state index in [1.165, 1.54) is 0 Å². The third kappa shape index (κ3) is 7.77. The van der Waals surface area contributed by atoms with Crippen molar-refractivity contribution in [1.29, 1.82) is 0 Å². The first-order valence-electron chi connectivity index (χ1n) is 3.60. The summed E-state index contributed by atoms with van der Waals surface area (Å²) < 4.78 is 5.08. The molecule has 0 spiro atoms. The summed E-state index contributed by atoms with van der Waals surface area (Å²) >= 11 is 1.92. The van der Waals surface area contributed by atoms with Gasteiger partial charge in [-0.3, -0.25) is 9.59 Å². The first kappa shape index (κ1) is 11.7. The molecule has 0 heterocycles. The van der Waals surface area contributed by atoms with Crippen LogP contribution in [0.4, 0.5) is 0 Å². The monoisotopic (exact) mass is 286 g/mol. The molecule has 0 unspecified atom stereocenters. The van der Waals surface area contributed by atoms with Crippen LogP contribution in [0.2, 0.25) is 0 Å². The largest absolute Gasteiger partial charge is 0.481 e. The molecular weight excluding hydrogens is 275 g/mol. The zero-order valence-corrected chi connectivity index (χ0v) is 8.74. The smallest absolute Gasteiger partial charge is 0.315 e. The minimum absolute atomic E-state index is 0.141. The van der Waals surface area contributed by atoms with Crippen molar-refractivity contribution in [2.45, 2.75) is 19.3 Å². The molecule has 0 aliphatic rings. The van der Waals surface area contributed by atoms with Gasteiger partial charge in [-0.05, 0) is 12.8 Å². The van der Waals surface area contributed by atoms with Gasteiger partial charge in [-0.2, -0.15) is 0 Å². The molecule has 12 heavy (non-hydrogen) atoms. The van der Waals surface area contributed by atoms with Gasteiger partial charge in [0.25, 0.3) is 0 Å². The molecule has 0 aliphatic heterocycles. The van der Waals surface area contributed by atoms with Crippen LogP contribution in [0, 0.1) is 0 Å². The van der Waals surface area contributed by atoms with E-state index in [-0.39, 0.29) is 12.4 Å². The SMILES string of the molecule is O=C(O)CCCCOC(=O)CI. The van der Waals surface area contributed by atoms with Crippen molar-refractivity contribution in [1.82, 2.24) is 0 Å². The molecule has 0 radical (unpaired) electrons. The Morgan fingerprint density at radius 2 is 2.00 bits per heavy atom. The number of carbonyl (C=O) groups excluding carboxylic acids is 1. The predicted octanol–water partition coefficient (Wildman–Crippen LogP) is 1.22. The number of aliphatic carboxylic acids is 1. The van der Waals surface area contributed by atoms with Gasteiger partial charge in [-0.1, -0.05) is 22.6 Å². The predicted molar refractivity (Wildman–Crippen MR) is 51.3 cm³/mol. The highest BCUT2D eigenvalue weighted by Crippen LogP contribution is 1.96. The van der Waals surface area contributed by atoms with E-state index in [0.29, 0.717) is 23.9 Å². The van der Waals surface area contributed by atoms with Gasteiger partial charge in [-0.15, -0.1) is 0 Å². The maximum absolute atomic E-state index is 10.6. The molecule has 5 heteroatoms. The molecule has 0 amide bonds. The summed E-state index contributed by atoms with van der Waals surface area (Å²) in [5, 5.41) is 8.26. The Hall–Kier alpha value is -0.330. The second-order valence-corrected chi connectivity index (χ2v) is 2.97. The van der Waals surface area contributed by atoms with Crippen LogP contribution in [-0.4, -0.2) is 28.1 Å². The van der Waals surface area contributed by atoms with Crippen molar-refractivity contribution >= 4 is 34.5 Å². The maximum Gasteiger partial charge on any atom is 0.315 e. The van der Waals surface area contributed by atoms with Gasteiger partial charge < -0.3 is 9.84 Å². The van der Waals surface area contributed by atoms with Crippen molar-refractivity contribution in [2.75, 3.05) is 11.0 Å². The fourth-order valence-electron chi connectivity index (χ4n) is 0.603. The van der Waals surface area contributed by atoms with Gasteiger partial charge in [0.05, 0.1) is 11.0 Å². The topological polar surface area (TPSA) is 63.6 Å². The first-order valence-corrected chi connectivity index (χ1v) is 5.12. The molecular formula is C7H11IO4. The van der Waals surface area contributed by atoms with E-state index in [0.717, 1.165) is 0 Å². The lowest BCUT2D eigenvalue weighted by molar-refractivity contribution is -0.140. The van der Waals surface area contributed by atoms with E-state index < -0.39 is 5.97 Å². The summed E-state index contributed by atoms with van der Waals surface area (Å²) in [6, 6.07) is 0. The summed E-state index contributed by atoms with van der Waals surface area (Å²) in [5.41, 5.74) is 0. The summed E-state index contributed by atoms with van der Waals surface area (Å²) in [6.07, 6.45) is 1.32.